The van der Waals surface area contributed by atoms with Gasteiger partial charge in [0.1, 0.15) is 10.4 Å². The van der Waals surface area contributed by atoms with Gasteiger partial charge in [-0.25, -0.2) is 4.98 Å². The van der Waals surface area contributed by atoms with Crippen LogP contribution in [0.3, 0.4) is 0 Å². The average molecular weight is 505 g/mol. The maximum absolute atomic E-state index is 4.85. The minimum absolute atomic E-state index is 0.829. The Morgan fingerprint density at radius 3 is 1.52 bits per heavy atom. The third-order valence-electron chi connectivity index (χ3n) is 6.44. The van der Waals surface area contributed by atoms with E-state index in [2.05, 4.69) is 136 Å². The molecule has 2 heterocycles. The van der Waals surface area contributed by atoms with Crippen LogP contribution >= 0.6 is 15.9 Å². The van der Waals surface area contributed by atoms with Gasteiger partial charge in [-0.15, -0.1) is 0 Å². The number of anilines is 3. The van der Waals surface area contributed by atoms with Crippen molar-refractivity contribution in [3.8, 4) is 0 Å². The van der Waals surface area contributed by atoms with E-state index < -0.39 is 8.07 Å². The van der Waals surface area contributed by atoms with Gasteiger partial charge in [0.15, 0.2) is 8.07 Å². The zero-order valence-corrected chi connectivity index (χ0v) is 20.5. The number of aromatic nitrogens is 1. The number of hydrogen-bond acceptors (Lipinski definition) is 2. The molecule has 4 heteroatoms. The van der Waals surface area contributed by atoms with E-state index in [1.165, 1.54) is 32.1 Å². The van der Waals surface area contributed by atoms with Crippen molar-refractivity contribution >= 4 is 61.9 Å². The number of pyridine rings is 1. The summed E-state index contributed by atoms with van der Waals surface area (Å²) >= 11 is 3.58. The molecule has 6 rings (SSSR count). The van der Waals surface area contributed by atoms with Gasteiger partial charge in [0.25, 0.3) is 0 Å². The van der Waals surface area contributed by atoms with Gasteiger partial charge in [-0.05, 0) is 60.9 Å². The molecule has 1 aliphatic rings. The molecule has 0 atom stereocenters. The number of benzene rings is 4. The van der Waals surface area contributed by atoms with E-state index in [-0.39, 0.29) is 0 Å². The molecule has 0 bridgehead atoms. The van der Waals surface area contributed by atoms with Crippen LogP contribution in [0, 0.1) is 0 Å². The predicted octanol–water partition coefficient (Wildman–Crippen LogP) is 5.00. The summed E-state index contributed by atoms with van der Waals surface area (Å²) in [6.45, 7) is 0. The molecule has 33 heavy (non-hydrogen) atoms. The SMILES string of the molecule is Brc1cccc(N2c3ccccc3[Si](c3ccccc3)(c3ccccc3)c3ccccc32)n1. The maximum atomic E-state index is 4.85. The maximum Gasteiger partial charge on any atom is 0.184 e. The first-order valence-electron chi connectivity index (χ1n) is 11.0. The van der Waals surface area contributed by atoms with E-state index in [1.807, 2.05) is 12.1 Å². The number of para-hydroxylation sites is 2. The predicted molar refractivity (Wildman–Crippen MR) is 144 cm³/mol. The van der Waals surface area contributed by atoms with Gasteiger partial charge >= 0.3 is 0 Å². The van der Waals surface area contributed by atoms with Gasteiger partial charge in [-0.1, -0.05) is 103 Å². The Labute approximate surface area is 203 Å². The molecule has 0 saturated heterocycles. The number of hydrogen-bond donors (Lipinski definition) is 0. The van der Waals surface area contributed by atoms with Crippen LogP contribution in [0.1, 0.15) is 0 Å². The Kier molecular flexibility index (Phi) is 4.97. The van der Waals surface area contributed by atoms with Crippen LogP contribution in [-0.4, -0.2) is 13.1 Å². The van der Waals surface area contributed by atoms with Gasteiger partial charge in [-0.2, -0.15) is 0 Å². The molecule has 0 N–H and O–H groups in total. The molecule has 0 radical (unpaired) electrons. The number of rotatable bonds is 3. The Hall–Kier alpha value is -3.47. The van der Waals surface area contributed by atoms with Crippen molar-refractivity contribution in [3.05, 3.63) is 132 Å². The monoisotopic (exact) mass is 504 g/mol. The topological polar surface area (TPSA) is 16.1 Å². The Bertz CT molecular complexity index is 1350. The van der Waals surface area contributed by atoms with E-state index in [0.717, 1.165) is 10.4 Å². The largest absolute Gasteiger partial charge is 0.295 e. The van der Waals surface area contributed by atoms with E-state index in [0.29, 0.717) is 0 Å². The highest BCUT2D eigenvalue weighted by Gasteiger charge is 2.48. The quantitative estimate of drug-likeness (QED) is 0.249. The summed E-state index contributed by atoms with van der Waals surface area (Å²) in [5, 5.41) is 5.53. The zero-order chi connectivity index (χ0) is 22.3. The second-order valence-electron chi connectivity index (χ2n) is 8.17. The van der Waals surface area contributed by atoms with Crippen LogP contribution in [0.2, 0.25) is 0 Å². The second kappa shape index (κ2) is 8.14. The lowest BCUT2D eigenvalue weighted by molar-refractivity contribution is 1.16. The highest BCUT2D eigenvalue weighted by atomic mass is 79.9. The summed E-state index contributed by atoms with van der Waals surface area (Å²) < 4.78 is 0.829. The third-order valence-corrected chi connectivity index (χ3v) is 11.7. The van der Waals surface area contributed by atoms with Crippen molar-refractivity contribution in [1.29, 1.82) is 0 Å². The third kappa shape index (κ3) is 3.10. The molecule has 0 spiro atoms. The molecule has 0 fully saturated rings. The van der Waals surface area contributed by atoms with Crippen molar-refractivity contribution in [2.75, 3.05) is 4.90 Å². The Morgan fingerprint density at radius 1 is 0.515 bits per heavy atom. The van der Waals surface area contributed by atoms with Crippen LogP contribution in [0.15, 0.2) is 132 Å². The summed E-state index contributed by atoms with van der Waals surface area (Å²) in [5.41, 5.74) is 2.39. The first-order chi connectivity index (χ1) is 16.3. The molecule has 1 aromatic heterocycles. The first-order valence-corrected chi connectivity index (χ1v) is 13.8. The molecule has 0 amide bonds. The van der Waals surface area contributed by atoms with Crippen molar-refractivity contribution in [2.45, 2.75) is 0 Å². The number of nitrogens with zero attached hydrogens (tertiary/aromatic N) is 2. The first kappa shape index (κ1) is 20.2. The van der Waals surface area contributed by atoms with Crippen LogP contribution < -0.4 is 25.6 Å². The Morgan fingerprint density at radius 2 is 1.00 bits per heavy atom. The number of halogens is 1. The second-order valence-corrected chi connectivity index (χ2v) is 12.7. The molecule has 0 unspecified atom stereocenters. The fraction of sp³-hybridized carbons (Fsp3) is 0. The van der Waals surface area contributed by atoms with E-state index in [1.54, 1.807) is 0 Å². The van der Waals surface area contributed by atoms with E-state index in [9.17, 15) is 0 Å². The van der Waals surface area contributed by atoms with Crippen molar-refractivity contribution < 1.29 is 0 Å². The van der Waals surface area contributed by atoms with Crippen molar-refractivity contribution in [2.24, 2.45) is 0 Å². The average Bonchev–Trinajstić information content (AvgIpc) is 2.88. The van der Waals surface area contributed by atoms with Crippen molar-refractivity contribution in [3.63, 3.8) is 0 Å². The molecule has 4 aromatic carbocycles. The fourth-order valence-corrected chi connectivity index (χ4v) is 10.6. The molecule has 2 nitrogen and oxygen atoms in total. The van der Waals surface area contributed by atoms with Crippen molar-refractivity contribution in [1.82, 2.24) is 4.98 Å². The van der Waals surface area contributed by atoms with Crippen LogP contribution in [0.4, 0.5) is 17.2 Å². The minimum atomic E-state index is -2.55. The lowest BCUT2D eigenvalue weighted by Gasteiger charge is -2.44. The number of fused-ring (bicyclic) bond motifs is 2. The summed E-state index contributed by atoms with van der Waals surface area (Å²) in [7, 11) is -2.55. The van der Waals surface area contributed by atoms with Gasteiger partial charge in [0.05, 0.1) is 0 Å². The molecule has 0 saturated carbocycles. The fourth-order valence-electron chi connectivity index (χ4n) is 5.18. The smallest absolute Gasteiger partial charge is 0.184 e. The lowest BCUT2D eigenvalue weighted by Crippen LogP contribution is -2.77. The summed E-state index contributed by atoms with van der Waals surface area (Å²) in [6.07, 6.45) is 0. The molecule has 158 valence electrons. The van der Waals surface area contributed by atoms with Crippen LogP contribution in [0.5, 0.6) is 0 Å². The highest BCUT2D eigenvalue weighted by Crippen LogP contribution is 2.37. The standard InChI is InChI=1S/C29H21BrN2Si/c30-28-20-11-21-29(31-28)32-24-16-7-9-18-26(24)33(22-12-3-1-4-13-22,23-14-5-2-6-15-23)27-19-10-8-17-25(27)32/h1-21H. The normalized spacial score (nSPS) is 13.8. The van der Waals surface area contributed by atoms with Gasteiger partial charge in [0.2, 0.25) is 0 Å². The van der Waals surface area contributed by atoms with Gasteiger partial charge < -0.3 is 0 Å². The van der Waals surface area contributed by atoms with Gasteiger partial charge in [-0.3, -0.25) is 4.90 Å². The minimum Gasteiger partial charge on any atom is -0.295 e. The highest BCUT2D eigenvalue weighted by molar-refractivity contribution is 9.10. The summed E-state index contributed by atoms with van der Waals surface area (Å²) in [5.74, 6) is 0.910. The molecular formula is C29H21BrN2Si. The molecule has 1 aliphatic heterocycles. The Balaban J connectivity index is 1.77. The van der Waals surface area contributed by atoms with Crippen LogP contribution in [0.25, 0.3) is 0 Å². The molecular weight excluding hydrogens is 484 g/mol. The van der Waals surface area contributed by atoms with E-state index in [4.69, 9.17) is 4.98 Å². The summed E-state index contributed by atoms with van der Waals surface area (Å²) in [6, 6.07) is 45.9. The molecule has 0 aliphatic carbocycles. The van der Waals surface area contributed by atoms with Gasteiger partial charge in [0, 0.05) is 11.4 Å². The lowest BCUT2D eigenvalue weighted by atomic mass is 10.2. The van der Waals surface area contributed by atoms with Crippen LogP contribution in [-0.2, 0) is 0 Å². The van der Waals surface area contributed by atoms with E-state index >= 15 is 0 Å². The summed E-state index contributed by atoms with van der Waals surface area (Å²) in [4.78, 5) is 7.16. The zero-order valence-electron chi connectivity index (χ0n) is 17.9. The molecule has 5 aromatic rings.